The molecule has 162 valence electrons. The molecule has 0 atom stereocenters. The van der Waals surface area contributed by atoms with Crippen LogP contribution in [0.25, 0.3) is 0 Å². The van der Waals surface area contributed by atoms with Gasteiger partial charge in [-0.25, -0.2) is 0 Å². The molecule has 0 N–H and O–H groups in total. The molecule has 1 aromatic carbocycles. The molecule has 0 radical (unpaired) electrons. The lowest BCUT2D eigenvalue weighted by molar-refractivity contribution is -0.118. The summed E-state index contributed by atoms with van der Waals surface area (Å²) in [7, 11) is 0. The quantitative estimate of drug-likeness (QED) is 0.324. The van der Waals surface area contributed by atoms with Gasteiger partial charge in [0.1, 0.15) is 5.78 Å². The lowest BCUT2D eigenvalue weighted by Gasteiger charge is -2.29. The Morgan fingerprint density at radius 2 is 1.41 bits per heavy atom. The van der Waals surface area contributed by atoms with Crippen molar-refractivity contribution in [3.8, 4) is 0 Å². The topological polar surface area (TPSA) is 17.1 Å². The number of benzene rings is 1. The number of rotatable bonds is 12. The first-order valence-corrected chi connectivity index (χ1v) is 12.9. The molecule has 0 saturated heterocycles. The lowest BCUT2D eigenvalue weighted by atomic mass is 9.76. The van der Waals surface area contributed by atoms with Gasteiger partial charge in [0.15, 0.2) is 0 Å². The Labute approximate surface area is 180 Å². The van der Waals surface area contributed by atoms with Crippen molar-refractivity contribution >= 4 is 5.78 Å². The maximum atomic E-state index is 11.7. The average Bonchev–Trinajstić information content (AvgIpc) is 2.75. The number of hydrogen-bond acceptors (Lipinski definition) is 1. The van der Waals surface area contributed by atoms with E-state index in [9.17, 15) is 4.79 Å². The Balaban J connectivity index is 1.26. The highest BCUT2D eigenvalue weighted by Crippen LogP contribution is 2.38. The van der Waals surface area contributed by atoms with Crippen LogP contribution >= 0.6 is 0 Å². The van der Waals surface area contributed by atoms with Crippen molar-refractivity contribution in [2.45, 2.75) is 128 Å². The van der Waals surface area contributed by atoms with E-state index in [1.165, 1.54) is 107 Å². The van der Waals surface area contributed by atoms with Crippen LogP contribution in [0.5, 0.6) is 0 Å². The van der Waals surface area contributed by atoms with Crippen LogP contribution in [0, 0.1) is 5.92 Å². The van der Waals surface area contributed by atoms with Gasteiger partial charge in [-0.3, -0.25) is 4.79 Å². The third-order valence-electron chi connectivity index (χ3n) is 7.58. The molecule has 1 fully saturated rings. The standard InChI is InChI=1S/C28H44O/c1-2-3-4-5-6-7-8-9-10-11-12-23-13-15-24(16-14-23)25-17-18-27-22-28(29)20-19-26(27)21-25/h17-18,21,23-24H,2-16,19-20,22H2,1H3. The monoisotopic (exact) mass is 396 g/mol. The number of aryl methyl sites for hydroxylation is 1. The summed E-state index contributed by atoms with van der Waals surface area (Å²) in [5.74, 6) is 2.16. The van der Waals surface area contributed by atoms with Gasteiger partial charge in [-0.1, -0.05) is 95.8 Å². The Bertz CT molecular complexity index is 609. The van der Waals surface area contributed by atoms with Crippen LogP contribution in [-0.2, 0) is 17.6 Å². The maximum absolute atomic E-state index is 11.7. The lowest BCUT2D eigenvalue weighted by Crippen LogP contribution is -2.16. The first-order valence-electron chi connectivity index (χ1n) is 12.9. The fourth-order valence-electron chi connectivity index (χ4n) is 5.58. The van der Waals surface area contributed by atoms with Gasteiger partial charge >= 0.3 is 0 Å². The zero-order chi connectivity index (χ0) is 20.3. The minimum absolute atomic E-state index is 0.415. The second kappa shape index (κ2) is 12.6. The van der Waals surface area contributed by atoms with Gasteiger partial charge in [-0.2, -0.15) is 0 Å². The van der Waals surface area contributed by atoms with Gasteiger partial charge in [-0.15, -0.1) is 0 Å². The summed E-state index contributed by atoms with van der Waals surface area (Å²) in [5.41, 5.74) is 4.30. The molecule has 1 saturated carbocycles. The molecule has 1 heteroatoms. The summed E-state index contributed by atoms with van der Waals surface area (Å²) in [6.45, 7) is 2.30. The molecular weight excluding hydrogens is 352 g/mol. The van der Waals surface area contributed by atoms with Crippen molar-refractivity contribution in [2.24, 2.45) is 5.92 Å². The molecule has 1 nitrogen and oxygen atoms in total. The number of fused-ring (bicyclic) bond motifs is 1. The van der Waals surface area contributed by atoms with E-state index >= 15 is 0 Å². The van der Waals surface area contributed by atoms with Crippen LogP contribution in [0.3, 0.4) is 0 Å². The van der Waals surface area contributed by atoms with Crippen molar-refractivity contribution in [2.75, 3.05) is 0 Å². The van der Waals surface area contributed by atoms with Gasteiger partial charge in [0.25, 0.3) is 0 Å². The summed E-state index contributed by atoms with van der Waals surface area (Å²) in [5, 5.41) is 0. The van der Waals surface area contributed by atoms with E-state index in [2.05, 4.69) is 25.1 Å². The maximum Gasteiger partial charge on any atom is 0.137 e. The van der Waals surface area contributed by atoms with E-state index in [1.807, 2.05) is 0 Å². The number of unbranched alkanes of at least 4 members (excludes halogenated alkanes) is 9. The minimum atomic E-state index is 0.415. The van der Waals surface area contributed by atoms with E-state index in [0.29, 0.717) is 12.2 Å². The number of Topliss-reactive ketones (excluding diaryl/α,β-unsaturated/α-hetero) is 1. The molecule has 1 aromatic rings. The summed E-state index contributed by atoms with van der Waals surface area (Å²) in [4.78, 5) is 11.7. The summed E-state index contributed by atoms with van der Waals surface area (Å²) in [6.07, 6.45) is 23.9. The minimum Gasteiger partial charge on any atom is -0.299 e. The number of hydrogen-bond donors (Lipinski definition) is 0. The van der Waals surface area contributed by atoms with E-state index in [-0.39, 0.29) is 0 Å². The van der Waals surface area contributed by atoms with Crippen molar-refractivity contribution < 1.29 is 4.79 Å². The van der Waals surface area contributed by atoms with Crippen LogP contribution in [0.4, 0.5) is 0 Å². The second-order valence-electron chi connectivity index (χ2n) is 9.93. The van der Waals surface area contributed by atoms with Gasteiger partial charge in [-0.05, 0) is 60.6 Å². The van der Waals surface area contributed by atoms with Crippen LogP contribution in [0.15, 0.2) is 18.2 Å². The number of ketones is 1. The summed E-state index contributed by atoms with van der Waals surface area (Å²) >= 11 is 0. The molecule has 0 aliphatic heterocycles. The van der Waals surface area contributed by atoms with Crippen LogP contribution in [-0.4, -0.2) is 5.78 Å². The van der Waals surface area contributed by atoms with Gasteiger partial charge < -0.3 is 0 Å². The van der Waals surface area contributed by atoms with Crippen molar-refractivity contribution in [1.29, 1.82) is 0 Å². The van der Waals surface area contributed by atoms with Gasteiger partial charge in [0.2, 0.25) is 0 Å². The number of carbonyl (C=O) groups is 1. The van der Waals surface area contributed by atoms with Crippen LogP contribution < -0.4 is 0 Å². The fraction of sp³-hybridized carbons (Fsp3) is 0.750. The Morgan fingerprint density at radius 1 is 0.759 bits per heavy atom. The fourth-order valence-corrected chi connectivity index (χ4v) is 5.58. The SMILES string of the molecule is CCCCCCCCCCCCC1CCC(c2ccc3c(c2)CCC(=O)C3)CC1. The Hall–Kier alpha value is -1.11. The Kier molecular flexibility index (Phi) is 9.77. The van der Waals surface area contributed by atoms with E-state index in [0.717, 1.165) is 24.7 Å². The highest BCUT2D eigenvalue weighted by Gasteiger charge is 2.23. The molecule has 0 unspecified atom stereocenters. The van der Waals surface area contributed by atoms with E-state index in [1.54, 1.807) is 5.56 Å². The summed E-state index contributed by atoms with van der Waals surface area (Å²) < 4.78 is 0. The molecule has 3 rings (SSSR count). The van der Waals surface area contributed by atoms with Crippen LogP contribution in [0.1, 0.15) is 132 Å². The zero-order valence-corrected chi connectivity index (χ0v) is 19.0. The van der Waals surface area contributed by atoms with E-state index in [4.69, 9.17) is 0 Å². The number of carbonyl (C=O) groups excluding carboxylic acids is 1. The third kappa shape index (κ3) is 7.58. The molecule has 0 aromatic heterocycles. The van der Waals surface area contributed by atoms with Crippen molar-refractivity contribution in [3.05, 3.63) is 34.9 Å². The highest BCUT2D eigenvalue weighted by molar-refractivity contribution is 5.83. The second-order valence-corrected chi connectivity index (χ2v) is 9.93. The molecule has 29 heavy (non-hydrogen) atoms. The predicted octanol–water partition coefficient (Wildman–Crippen LogP) is 8.33. The van der Waals surface area contributed by atoms with Crippen LogP contribution in [0.2, 0.25) is 0 Å². The molecule has 0 spiro atoms. The van der Waals surface area contributed by atoms with Gasteiger partial charge in [0.05, 0.1) is 0 Å². The highest BCUT2D eigenvalue weighted by atomic mass is 16.1. The Morgan fingerprint density at radius 3 is 2.10 bits per heavy atom. The molecule has 2 aliphatic carbocycles. The summed E-state index contributed by atoms with van der Waals surface area (Å²) in [6, 6.07) is 7.01. The smallest absolute Gasteiger partial charge is 0.137 e. The first kappa shape index (κ1) is 22.6. The molecule has 0 bridgehead atoms. The molecule has 2 aliphatic rings. The van der Waals surface area contributed by atoms with Crippen molar-refractivity contribution in [3.63, 3.8) is 0 Å². The van der Waals surface area contributed by atoms with Gasteiger partial charge in [0, 0.05) is 12.8 Å². The van der Waals surface area contributed by atoms with E-state index < -0.39 is 0 Å². The zero-order valence-electron chi connectivity index (χ0n) is 19.0. The third-order valence-corrected chi connectivity index (χ3v) is 7.58. The molecule has 0 amide bonds. The largest absolute Gasteiger partial charge is 0.299 e. The normalized spacial score (nSPS) is 21.9. The average molecular weight is 397 g/mol. The first-order chi connectivity index (χ1) is 14.3. The molecule has 0 heterocycles. The molecular formula is C28H44O. The van der Waals surface area contributed by atoms with Crippen molar-refractivity contribution in [1.82, 2.24) is 0 Å². The predicted molar refractivity (Wildman–Crippen MR) is 125 cm³/mol.